The van der Waals surface area contributed by atoms with Crippen LogP contribution in [0.25, 0.3) is 0 Å². The van der Waals surface area contributed by atoms with Crippen LogP contribution in [0.5, 0.6) is 0 Å². The molecular weight excluding hydrogens is 405 g/mol. The molecule has 0 aliphatic carbocycles. The van der Waals surface area contributed by atoms with Crippen molar-refractivity contribution in [2.45, 2.75) is 19.0 Å². The van der Waals surface area contributed by atoms with E-state index < -0.39 is 0 Å². The molecule has 30 heavy (non-hydrogen) atoms. The van der Waals surface area contributed by atoms with Gasteiger partial charge in [0.05, 0.1) is 36.6 Å². The predicted octanol–water partition coefficient (Wildman–Crippen LogP) is 3.78. The zero-order valence-corrected chi connectivity index (χ0v) is 17.9. The van der Waals surface area contributed by atoms with Crippen molar-refractivity contribution >= 4 is 17.3 Å². The number of benzene rings is 2. The molecule has 0 aromatic heterocycles. The van der Waals surface area contributed by atoms with Crippen molar-refractivity contribution in [1.82, 2.24) is 10.3 Å². The summed E-state index contributed by atoms with van der Waals surface area (Å²) in [4.78, 5) is 2.43. The third-order valence-electron chi connectivity index (χ3n) is 5.56. The summed E-state index contributed by atoms with van der Waals surface area (Å²) in [5.41, 5.74) is 7.98. The van der Waals surface area contributed by atoms with Gasteiger partial charge in [-0.25, -0.2) is 9.82 Å². The third-order valence-corrected chi connectivity index (χ3v) is 5.86. The standard InChI is InChI=1S/C23H27ClFN3O2/c1-29-16-19-15-28(23-7-6-20(25)13-21(23)24)26-22(19)12-17-4-2-3-5-18(17)14-27-8-10-30-11-9-27/h2-7,13,15,22,26H,8-12,14,16H2,1H3. The molecule has 0 bridgehead atoms. The SMILES string of the molecule is COCC1=CN(c2ccc(F)cc2Cl)NC1Cc1ccccc1CN1CCOCC1. The summed E-state index contributed by atoms with van der Waals surface area (Å²) >= 11 is 6.28. The van der Waals surface area contributed by atoms with Crippen LogP contribution in [0.4, 0.5) is 10.1 Å². The fourth-order valence-corrected chi connectivity index (χ4v) is 4.23. The van der Waals surface area contributed by atoms with Crippen molar-refractivity contribution in [3.8, 4) is 0 Å². The zero-order valence-electron chi connectivity index (χ0n) is 17.1. The van der Waals surface area contributed by atoms with Crippen molar-refractivity contribution in [3.05, 3.63) is 76.2 Å². The van der Waals surface area contributed by atoms with E-state index in [0.717, 1.165) is 50.5 Å². The van der Waals surface area contributed by atoms with Crippen LogP contribution in [0, 0.1) is 5.82 Å². The molecule has 0 spiro atoms. The minimum Gasteiger partial charge on any atom is -0.380 e. The second-order valence-electron chi connectivity index (χ2n) is 7.65. The van der Waals surface area contributed by atoms with Gasteiger partial charge in [-0.2, -0.15) is 0 Å². The van der Waals surface area contributed by atoms with Crippen LogP contribution in [0.15, 0.2) is 54.2 Å². The largest absolute Gasteiger partial charge is 0.380 e. The molecule has 1 unspecified atom stereocenters. The number of morpholine rings is 1. The molecule has 2 aromatic carbocycles. The summed E-state index contributed by atoms with van der Waals surface area (Å²) in [5.74, 6) is -0.349. The number of anilines is 1. The molecular formula is C23H27ClFN3O2. The summed E-state index contributed by atoms with van der Waals surface area (Å²) in [7, 11) is 1.69. The number of ether oxygens (including phenoxy) is 2. The minimum atomic E-state index is -0.349. The van der Waals surface area contributed by atoms with E-state index in [1.807, 2.05) is 11.2 Å². The van der Waals surface area contributed by atoms with Crippen molar-refractivity contribution in [3.63, 3.8) is 0 Å². The van der Waals surface area contributed by atoms with Gasteiger partial charge in [-0.3, -0.25) is 9.91 Å². The summed E-state index contributed by atoms with van der Waals surface area (Å²) in [6.07, 6.45) is 2.82. The highest BCUT2D eigenvalue weighted by atomic mass is 35.5. The first-order valence-corrected chi connectivity index (χ1v) is 10.6. The Balaban J connectivity index is 1.52. The Kier molecular flexibility index (Phi) is 7.02. The summed E-state index contributed by atoms with van der Waals surface area (Å²) in [5, 5.41) is 2.23. The van der Waals surface area contributed by atoms with Crippen LogP contribution in [0.2, 0.25) is 5.02 Å². The molecule has 4 rings (SSSR count). The predicted molar refractivity (Wildman–Crippen MR) is 117 cm³/mol. The maximum atomic E-state index is 13.5. The summed E-state index contributed by atoms with van der Waals surface area (Å²) in [6.45, 7) is 4.94. The van der Waals surface area contributed by atoms with Gasteiger partial charge in [-0.15, -0.1) is 0 Å². The fourth-order valence-electron chi connectivity index (χ4n) is 3.97. The van der Waals surface area contributed by atoms with Crippen LogP contribution >= 0.6 is 11.6 Å². The Morgan fingerprint density at radius 1 is 1.17 bits per heavy atom. The average molecular weight is 432 g/mol. The van der Waals surface area contributed by atoms with Crippen molar-refractivity contribution in [2.24, 2.45) is 0 Å². The van der Waals surface area contributed by atoms with Gasteiger partial charge >= 0.3 is 0 Å². The normalized spacial score (nSPS) is 19.9. The van der Waals surface area contributed by atoms with E-state index in [9.17, 15) is 4.39 Å². The molecule has 1 N–H and O–H groups in total. The first kappa shape index (κ1) is 21.3. The highest BCUT2D eigenvalue weighted by Gasteiger charge is 2.27. The average Bonchev–Trinajstić information content (AvgIpc) is 3.12. The van der Waals surface area contributed by atoms with Gasteiger partial charge in [0.25, 0.3) is 0 Å². The number of hydrazine groups is 1. The Morgan fingerprint density at radius 3 is 2.67 bits per heavy atom. The van der Waals surface area contributed by atoms with Gasteiger partial charge in [0.15, 0.2) is 0 Å². The summed E-state index contributed by atoms with van der Waals surface area (Å²) < 4.78 is 24.4. The second kappa shape index (κ2) is 9.90. The molecule has 5 nitrogen and oxygen atoms in total. The van der Waals surface area contributed by atoms with Crippen LogP contribution in [-0.4, -0.2) is 51.0 Å². The smallest absolute Gasteiger partial charge is 0.124 e. The van der Waals surface area contributed by atoms with E-state index in [1.165, 1.54) is 23.3 Å². The summed E-state index contributed by atoms with van der Waals surface area (Å²) in [6, 6.07) is 13.1. The fraction of sp³-hybridized carbons (Fsp3) is 0.391. The van der Waals surface area contributed by atoms with Gasteiger partial charge in [0.2, 0.25) is 0 Å². The van der Waals surface area contributed by atoms with Gasteiger partial charge in [0, 0.05) is 32.9 Å². The van der Waals surface area contributed by atoms with E-state index in [-0.39, 0.29) is 11.9 Å². The third kappa shape index (κ3) is 5.02. The molecule has 1 saturated heterocycles. The molecule has 2 aliphatic rings. The Bertz CT molecular complexity index is 902. The first-order valence-electron chi connectivity index (χ1n) is 10.2. The molecule has 2 aromatic rings. The molecule has 1 atom stereocenters. The minimum absolute atomic E-state index is 0.0666. The van der Waals surface area contributed by atoms with Gasteiger partial charge in [0.1, 0.15) is 5.82 Å². The first-order chi connectivity index (χ1) is 14.6. The van der Waals surface area contributed by atoms with E-state index in [0.29, 0.717) is 11.6 Å². The Morgan fingerprint density at radius 2 is 1.93 bits per heavy atom. The lowest BCUT2D eigenvalue weighted by atomic mass is 9.96. The van der Waals surface area contributed by atoms with Crippen LogP contribution in [0.3, 0.4) is 0 Å². The highest BCUT2D eigenvalue weighted by Crippen LogP contribution is 2.30. The van der Waals surface area contributed by atoms with Crippen molar-refractivity contribution < 1.29 is 13.9 Å². The molecule has 0 radical (unpaired) electrons. The number of hydrogen-bond donors (Lipinski definition) is 1. The topological polar surface area (TPSA) is 37.0 Å². The quantitative estimate of drug-likeness (QED) is 0.722. The Hall–Kier alpha value is -1.96. The zero-order chi connectivity index (χ0) is 20.9. The highest BCUT2D eigenvalue weighted by molar-refractivity contribution is 6.33. The maximum absolute atomic E-state index is 13.5. The number of rotatable bonds is 7. The molecule has 1 fully saturated rings. The number of nitrogens with zero attached hydrogens (tertiary/aromatic N) is 2. The molecule has 2 aliphatic heterocycles. The monoisotopic (exact) mass is 431 g/mol. The molecule has 7 heteroatoms. The molecule has 0 saturated carbocycles. The van der Waals surface area contributed by atoms with E-state index >= 15 is 0 Å². The maximum Gasteiger partial charge on any atom is 0.124 e. The lowest BCUT2D eigenvalue weighted by molar-refractivity contribution is 0.0340. The van der Waals surface area contributed by atoms with Gasteiger partial charge in [-0.05, 0) is 41.3 Å². The number of halogens is 2. The molecule has 2 heterocycles. The lowest BCUT2D eigenvalue weighted by Gasteiger charge is -2.28. The van der Waals surface area contributed by atoms with E-state index in [1.54, 1.807) is 13.2 Å². The van der Waals surface area contributed by atoms with Crippen LogP contribution in [-0.2, 0) is 22.4 Å². The Labute approximate surface area is 182 Å². The number of hydrogen-bond acceptors (Lipinski definition) is 5. The van der Waals surface area contributed by atoms with Gasteiger partial charge in [-0.1, -0.05) is 35.9 Å². The number of methoxy groups -OCH3 is 1. The lowest BCUT2D eigenvalue weighted by Crippen LogP contribution is -2.39. The van der Waals surface area contributed by atoms with Crippen LogP contribution < -0.4 is 10.4 Å². The van der Waals surface area contributed by atoms with Crippen molar-refractivity contribution in [2.75, 3.05) is 45.0 Å². The second-order valence-corrected chi connectivity index (χ2v) is 8.05. The number of nitrogens with one attached hydrogen (secondary N) is 1. The molecule has 160 valence electrons. The van der Waals surface area contributed by atoms with Gasteiger partial charge < -0.3 is 9.47 Å². The molecule has 0 amide bonds. The van der Waals surface area contributed by atoms with Crippen molar-refractivity contribution in [1.29, 1.82) is 0 Å². The van der Waals surface area contributed by atoms with E-state index in [2.05, 4.69) is 34.6 Å². The van der Waals surface area contributed by atoms with Crippen LogP contribution in [0.1, 0.15) is 11.1 Å². The van der Waals surface area contributed by atoms with E-state index in [4.69, 9.17) is 21.1 Å².